The number of fused-ring (bicyclic) bond motifs is 2. The van der Waals surface area contributed by atoms with Crippen LogP contribution in [0.5, 0.6) is 0 Å². The second kappa shape index (κ2) is 11.5. The Morgan fingerprint density at radius 3 is 2.51 bits per heavy atom. The summed E-state index contributed by atoms with van der Waals surface area (Å²) in [6, 6.07) is 24.8. The average molecular weight is 602 g/mol. The van der Waals surface area contributed by atoms with E-state index in [1.54, 1.807) is 28.9 Å². The lowest BCUT2D eigenvalue weighted by Gasteiger charge is -2.17. The summed E-state index contributed by atoms with van der Waals surface area (Å²) >= 11 is 0. The number of nitrogens with one attached hydrogen (secondary N) is 2. The van der Waals surface area contributed by atoms with Crippen molar-refractivity contribution < 1.29 is 13.6 Å². The largest absolute Gasteiger partial charge is 0.324 e. The van der Waals surface area contributed by atoms with Crippen molar-refractivity contribution in [1.29, 1.82) is 0 Å². The molecule has 0 saturated heterocycles. The predicted molar refractivity (Wildman–Crippen MR) is 171 cm³/mol. The maximum Gasteiger partial charge on any atom is 0.261 e. The van der Waals surface area contributed by atoms with Gasteiger partial charge in [-0.15, -0.1) is 0 Å². The number of nitrogens with zero attached hydrogens (tertiary/aromatic N) is 5. The first-order chi connectivity index (χ1) is 21.8. The number of amides is 1. The summed E-state index contributed by atoms with van der Waals surface area (Å²) in [5.41, 5.74) is 6.88. The van der Waals surface area contributed by atoms with Crippen molar-refractivity contribution >= 4 is 28.7 Å². The van der Waals surface area contributed by atoms with Crippen molar-refractivity contribution in [3.63, 3.8) is 0 Å². The van der Waals surface area contributed by atoms with Gasteiger partial charge in [0.1, 0.15) is 22.9 Å². The van der Waals surface area contributed by atoms with Gasteiger partial charge in [0.25, 0.3) is 5.91 Å². The van der Waals surface area contributed by atoms with E-state index in [0.717, 1.165) is 41.7 Å². The van der Waals surface area contributed by atoms with E-state index in [1.165, 1.54) is 17.2 Å². The molecule has 8 nitrogen and oxygen atoms in total. The van der Waals surface area contributed by atoms with Crippen LogP contribution >= 0.6 is 0 Å². The van der Waals surface area contributed by atoms with Gasteiger partial charge in [-0.1, -0.05) is 30.3 Å². The Labute approximate surface area is 258 Å². The fourth-order valence-corrected chi connectivity index (χ4v) is 5.83. The van der Waals surface area contributed by atoms with Gasteiger partial charge in [-0.25, -0.2) is 23.3 Å². The Kier molecular flexibility index (Phi) is 7.26. The first-order valence-electron chi connectivity index (χ1n) is 14.6. The highest BCUT2D eigenvalue weighted by atomic mass is 19.1. The number of hydrogen-bond acceptors (Lipinski definition) is 6. The molecule has 45 heavy (non-hydrogen) atoms. The summed E-state index contributed by atoms with van der Waals surface area (Å²) in [6.07, 6.45) is 5.59. The molecule has 3 aromatic carbocycles. The monoisotopic (exact) mass is 601 g/mol. The molecule has 224 valence electrons. The molecule has 3 heterocycles. The number of anilines is 3. The van der Waals surface area contributed by atoms with E-state index in [2.05, 4.69) is 52.8 Å². The van der Waals surface area contributed by atoms with Crippen molar-refractivity contribution in [3.8, 4) is 22.5 Å². The van der Waals surface area contributed by atoms with Gasteiger partial charge in [0.2, 0.25) is 5.95 Å². The maximum atomic E-state index is 14.2. The topological polar surface area (TPSA) is 87.5 Å². The van der Waals surface area contributed by atoms with Gasteiger partial charge in [-0.2, -0.15) is 5.10 Å². The molecule has 1 atom stereocenters. The van der Waals surface area contributed by atoms with E-state index < -0.39 is 23.1 Å². The molecule has 0 saturated carbocycles. The van der Waals surface area contributed by atoms with Crippen LogP contribution in [-0.2, 0) is 12.8 Å². The van der Waals surface area contributed by atoms with E-state index >= 15 is 0 Å². The van der Waals surface area contributed by atoms with Crippen LogP contribution in [-0.4, -0.2) is 50.5 Å². The van der Waals surface area contributed by atoms with Crippen LogP contribution in [0.25, 0.3) is 28.0 Å². The summed E-state index contributed by atoms with van der Waals surface area (Å²) in [6.45, 7) is 0. The number of carbonyl (C=O) groups is 1. The molecule has 10 heteroatoms. The lowest BCUT2D eigenvalue weighted by molar-refractivity contribution is 0.101. The molecular formula is C35H29F2N7O. The summed E-state index contributed by atoms with van der Waals surface area (Å²) < 4.78 is 30.3. The molecule has 1 aliphatic carbocycles. The zero-order chi connectivity index (χ0) is 31.1. The zero-order valence-corrected chi connectivity index (χ0v) is 24.6. The number of likely N-dealkylation sites (N-methyl/N-ethyl adjacent to an activating group) is 1. The second-order valence-electron chi connectivity index (χ2n) is 11.3. The second-order valence-corrected chi connectivity index (χ2v) is 11.3. The SMILES string of the molecule is CN(C)C1Cc2ccc(Nc3nccc(-c4c(-c5cccc(NC(=O)c6c(F)cccc6F)c5)nn5ccccc45)n3)cc2C1. The number of halogens is 2. The lowest BCUT2D eigenvalue weighted by atomic mass is 10.0. The molecule has 1 aliphatic rings. The van der Waals surface area contributed by atoms with Crippen LogP contribution < -0.4 is 10.6 Å². The molecule has 7 rings (SSSR count). The Morgan fingerprint density at radius 2 is 1.69 bits per heavy atom. The highest BCUT2D eigenvalue weighted by Crippen LogP contribution is 2.36. The molecular weight excluding hydrogens is 572 g/mol. The normalized spacial score (nSPS) is 14.1. The van der Waals surface area contributed by atoms with Gasteiger partial charge < -0.3 is 15.5 Å². The van der Waals surface area contributed by atoms with Crippen molar-refractivity contribution in [3.05, 3.63) is 126 Å². The molecule has 0 bridgehead atoms. The summed E-state index contributed by atoms with van der Waals surface area (Å²) in [5.74, 6) is -2.30. The smallest absolute Gasteiger partial charge is 0.261 e. The van der Waals surface area contributed by atoms with Gasteiger partial charge in [0.05, 0.1) is 16.8 Å². The van der Waals surface area contributed by atoms with Gasteiger partial charge in [0.15, 0.2) is 0 Å². The highest BCUT2D eigenvalue weighted by molar-refractivity contribution is 6.05. The Bertz CT molecular complexity index is 2050. The third kappa shape index (κ3) is 5.51. The van der Waals surface area contributed by atoms with E-state index in [9.17, 15) is 13.6 Å². The van der Waals surface area contributed by atoms with Crippen molar-refractivity contribution in [2.24, 2.45) is 0 Å². The number of pyridine rings is 1. The molecule has 2 N–H and O–H groups in total. The first kappa shape index (κ1) is 28.3. The number of rotatable bonds is 7. The van der Waals surface area contributed by atoms with Gasteiger partial charge in [0, 0.05) is 35.4 Å². The first-order valence-corrected chi connectivity index (χ1v) is 14.6. The highest BCUT2D eigenvalue weighted by Gasteiger charge is 2.24. The van der Waals surface area contributed by atoms with E-state index in [-0.39, 0.29) is 0 Å². The van der Waals surface area contributed by atoms with Crippen molar-refractivity contribution in [1.82, 2.24) is 24.5 Å². The van der Waals surface area contributed by atoms with Gasteiger partial charge in [-0.05, 0) is 92.7 Å². The average Bonchev–Trinajstić information content (AvgIpc) is 3.63. The van der Waals surface area contributed by atoms with Gasteiger partial charge in [-0.3, -0.25) is 4.79 Å². The minimum atomic E-state index is -0.933. The van der Waals surface area contributed by atoms with Crippen LogP contribution in [0.2, 0.25) is 0 Å². The minimum Gasteiger partial charge on any atom is -0.324 e. The van der Waals surface area contributed by atoms with E-state index in [4.69, 9.17) is 10.1 Å². The van der Waals surface area contributed by atoms with Crippen LogP contribution in [0.1, 0.15) is 21.5 Å². The molecule has 1 unspecified atom stereocenters. The molecule has 6 aromatic rings. The van der Waals surface area contributed by atoms with E-state index in [0.29, 0.717) is 34.6 Å². The predicted octanol–water partition coefficient (Wildman–Crippen LogP) is 6.76. The van der Waals surface area contributed by atoms with Crippen molar-refractivity contribution in [2.45, 2.75) is 18.9 Å². The Hall–Kier alpha value is -5.48. The van der Waals surface area contributed by atoms with E-state index in [1.807, 2.05) is 36.5 Å². The molecule has 0 fully saturated rings. The fraction of sp³-hybridized carbons (Fsp3) is 0.143. The molecule has 3 aromatic heterocycles. The van der Waals surface area contributed by atoms with Crippen LogP contribution in [0.4, 0.5) is 26.1 Å². The lowest BCUT2D eigenvalue weighted by Crippen LogP contribution is -2.27. The fourth-order valence-electron chi connectivity index (χ4n) is 5.83. The standard InChI is InChI=1S/C35H29F2N7O/c1-43(2)26-19-21-12-13-25(18-23(21)20-26)40-35-38-15-14-29(41-35)32-30-11-3-4-16-44(30)42-33(32)22-7-5-8-24(17-22)39-34(45)31-27(36)9-6-10-28(31)37/h3-18,26H,19-20H2,1-2H3,(H,39,45)(H,38,40,41). The molecule has 0 aliphatic heterocycles. The molecule has 1 amide bonds. The number of hydrogen-bond donors (Lipinski definition) is 2. The minimum absolute atomic E-state index is 0.362. The van der Waals surface area contributed by atoms with Crippen LogP contribution in [0, 0.1) is 11.6 Å². The zero-order valence-electron chi connectivity index (χ0n) is 24.6. The Balaban J connectivity index is 1.22. The van der Waals surface area contributed by atoms with Crippen LogP contribution in [0.3, 0.4) is 0 Å². The third-order valence-corrected chi connectivity index (χ3v) is 8.14. The maximum absolute atomic E-state index is 14.2. The number of carbonyl (C=O) groups excluding carboxylic acids is 1. The Morgan fingerprint density at radius 1 is 0.889 bits per heavy atom. The summed E-state index contributed by atoms with van der Waals surface area (Å²) in [7, 11) is 4.23. The molecule has 0 radical (unpaired) electrons. The quantitative estimate of drug-likeness (QED) is 0.210. The number of benzene rings is 3. The third-order valence-electron chi connectivity index (χ3n) is 8.14. The number of aromatic nitrogens is 4. The summed E-state index contributed by atoms with van der Waals surface area (Å²) in [5, 5.41) is 10.8. The molecule has 0 spiro atoms. The van der Waals surface area contributed by atoms with Gasteiger partial charge >= 0.3 is 0 Å². The van der Waals surface area contributed by atoms with Crippen molar-refractivity contribution in [2.75, 3.05) is 24.7 Å². The summed E-state index contributed by atoms with van der Waals surface area (Å²) in [4.78, 5) is 24.4. The van der Waals surface area contributed by atoms with Crippen LogP contribution in [0.15, 0.2) is 97.3 Å².